The van der Waals surface area contributed by atoms with Gasteiger partial charge in [-0.25, -0.2) is 4.39 Å². The lowest BCUT2D eigenvalue weighted by molar-refractivity contribution is 0.193. The van der Waals surface area contributed by atoms with Crippen LogP contribution in [0.5, 0.6) is 5.75 Å². The molecule has 0 aliphatic carbocycles. The van der Waals surface area contributed by atoms with Crippen molar-refractivity contribution in [3.05, 3.63) is 47.0 Å². The summed E-state index contributed by atoms with van der Waals surface area (Å²) >= 11 is 0. The van der Waals surface area contributed by atoms with Crippen LogP contribution in [-0.4, -0.2) is 14.9 Å². The van der Waals surface area contributed by atoms with Crippen LogP contribution in [0.15, 0.2) is 24.3 Å². The molecule has 0 fully saturated rings. The first kappa shape index (κ1) is 15.5. The molecule has 1 aromatic heterocycles. The Kier molecular flexibility index (Phi) is 4.96. The Labute approximate surface area is 124 Å². The molecule has 2 aromatic rings. The van der Waals surface area contributed by atoms with E-state index in [0.29, 0.717) is 12.4 Å². The van der Waals surface area contributed by atoms with Gasteiger partial charge in [0.25, 0.3) is 0 Å². The molecule has 0 bridgehead atoms. The number of aryl methyl sites for hydroxylation is 2. The Morgan fingerprint density at radius 3 is 2.67 bits per heavy atom. The average Bonchev–Trinajstić information content (AvgIpc) is 2.87. The van der Waals surface area contributed by atoms with Gasteiger partial charge in [0.15, 0.2) is 0 Å². The number of aliphatic hydroxyl groups is 1. The zero-order chi connectivity index (χ0) is 15.4. The molecular formula is C16H21FN2O2. The Morgan fingerprint density at radius 1 is 1.33 bits per heavy atom. The van der Waals surface area contributed by atoms with E-state index in [9.17, 15) is 9.50 Å². The third-order valence-electron chi connectivity index (χ3n) is 3.38. The van der Waals surface area contributed by atoms with Crippen molar-refractivity contribution in [2.45, 2.75) is 46.4 Å². The SMILES string of the molecule is CCc1cc(COc2ccc([C@H](C)O)c(F)c2)n(CC)n1. The van der Waals surface area contributed by atoms with Crippen LogP contribution in [0.25, 0.3) is 0 Å². The molecule has 5 heteroatoms. The number of hydrogen-bond donors (Lipinski definition) is 1. The fourth-order valence-corrected chi connectivity index (χ4v) is 2.17. The highest BCUT2D eigenvalue weighted by molar-refractivity contribution is 5.30. The second kappa shape index (κ2) is 6.72. The predicted molar refractivity (Wildman–Crippen MR) is 78.6 cm³/mol. The van der Waals surface area contributed by atoms with Gasteiger partial charge in [-0.15, -0.1) is 0 Å². The highest BCUT2D eigenvalue weighted by atomic mass is 19.1. The largest absolute Gasteiger partial charge is 0.487 e. The van der Waals surface area contributed by atoms with Crippen LogP contribution in [0.2, 0.25) is 0 Å². The summed E-state index contributed by atoms with van der Waals surface area (Å²) < 4.78 is 21.3. The maximum Gasteiger partial charge on any atom is 0.132 e. The van der Waals surface area contributed by atoms with Gasteiger partial charge in [-0.05, 0) is 38.5 Å². The second-order valence-electron chi connectivity index (χ2n) is 4.94. The van der Waals surface area contributed by atoms with E-state index >= 15 is 0 Å². The highest BCUT2D eigenvalue weighted by Gasteiger charge is 2.10. The van der Waals surface area contributed by atoms with Crippen LogP contribution in [0, 0.1) is 5.82 Å². The topological polar surface area (TPSA) is 47.3 Å². The number of nitrogens with zero attached hydrogens (tertiary/aromatic N) is 2. The van der Waals surface area contributed by atoms with Crippen molar-refractivity contribution < 1.29 is 14.2 Å². The Bertz CT molecular complexity index is 608. The standard InChI is InChI=1S/C16H21FN2O2/c1-4-12-8-13(19(5-2)18-12)10-21-14-6-7-15(11(3)20)16(17)9-14/h6-9,11,20H,4-5,10H2,1-3H3/t11-/m0/s1. The van der Waals surface area contributed by atoms with E-state index in [0.717, 1.165) is 24.4 Å². The molecule has 1 atom stereocenters. The molecule has 1 aromatic carbocycles. The lowest BCUT2D eigenvalue weighted by atomic mass is 10.1. The van der Waals surface area contributed by atoms with Gasteiger partial charge in [0.1, 0.15) is 18.2 Å². The van der Waals surface area contributed by atoms with Crippen molar-refractivity contribution in [3.8, 4) is 5.75 Å². The molecule has 21 heavy (non-hydrogen) atoms. The second-order valence-corrected chi connectivity index (χ2v) is 4.94. The van der Waals surface area contributed by atoms with Crippen molar-refractivity contribution >= 4 is 0 Å². The summed E-state index contributed by atoms with van der Waals surface area (Å²) in [6.45, 7) is 6.72. The first-order chi connectivity index (χ1) is 10.0. The summed E-state index contributed by atoms with van der Waals surface area (Å²) in [4.78, 5) is 0. The zero-order valence-electron chi connectivity index (χ0n) is 12.6. The maximum absolute atomic E-state index is 13.8. The Morgan fingerprint density at radius 2 is 2.10 bits per heavy atom. The van der Waals surface area contributed by atoms with Crippen molar-refractivity contribution in [2.24, 2.45) is 0 Å². The van der Waals surface area contributed by atoms with E-state index < -0.39 is 11.9 Å². The number of aliphatic hydroxyl groups excluding tert-OH is 1. The number of hydrogen-bond acceptors (Lipinski definition) is 3. The minimum atomic E-state index is -0.826. The normalized spacial score (nSPS) is 12.4. The van der Waals surface area contributed by atoms with Gasteiger partial charge in [-0.3, -0.25) is 4.68 Å². The summed E-state index contributed by atoms with van der Waals surface area (Å²) in [6.07, 6.45) is 0.0465. The summed E-state index contributed by atoms with van der Waals surface area (Å²) in [5.41, 5.74) is 2.26. The molecule has 2 rings (SSSR count). The van der Waals surface area contributed by atoms with Crippen molar-refractivity contribution in [1.82, 2.24) is 9.78 Å². The van der Waals surface area contributed by atoms with Crippen LogP contribution in [-0.2, 0) is 19.6 Å². The van der Waals surface area contributed by atoms with Gasteiger partial charge in [-0.1, -0.05) is 6.92 Å². The molecule has 0 radical (unpaired) electrons. The number of halogens is 1. The van der Waals surface area contributed by atoms with E-state index in [1.165, 1.54) is 13.0 Å². The molecule has 0 saturated carbocycles. The molecule has 0 unspecified atom stereocenters. The molecule has 0 saturated heterocycles. The molecule has 0 aliphatic heterocycles. The van der Waals surface area contributed by atoms with Gasteiger partial charge in [0, 0.05) is 18.2 Å². The summed E-state index contributed by atoms with van der Waals surface area (Å²) in [7, 11) is 0. The van der Waals surface area contributed by atoms with Crippen LogP contribution in [0.3, 0.4) is 0 Å². The van der Waals surface area contributed by atoms with Gasteiger partial charge in [0.05, 0.1) is 17.5 Å². The molecule has 4 nitrogen and oxygen atoms in total. The van der Waals surface area contributed by atoms with Gasteiger partial charge in [-0.2, -0.15) is 5.10 Å². The van der Waals surface area contributed by atoms with Crippen LogP contribution >= 0.6 is 0 Å². The molecule has 114 valence electrons. The zero-order valence-corrected chi connectivity index (χ0v) is 12.6. The molecule has 0 aliphatic rings. The van der Waals surface area contributed by atoms with E-state index in [1.54, 1.807) is 12.1 Å². The molecule has 1 heterocycles. The van der Waals surface area contributed by atoms with Gasteiger partial charge >= 0.3 is 0 Å². The molecule has 0 amide bonds. The highest BCUT2D eigenvalue weighted by Crippen LogP contribution is 2.22. The number of aromatic nitrogens is 2. The fraction of sp³-hybridized carbons (Fsp3) is 0.438. The van der Waals surface area contributed by atoms with E-state index in [4.69, 9.17) is 4.74 Å². The van der Waals surface area contributed by atoms with Gasteiger partial charge in [0.2, 0.25) is 0 Å². The van der Waals surface area contributed by atoms with Crippen molar-refractivity contribution in [2.75, 3.05) is 0 Å². The first-order valence-corrected chi connectivity index (χ1v) is 7.21. The number of rotatable bonds is 6. The summed E-state index contributed by atoms with van der Waals surface area (Å²) in [6, 6.07) is 6.52. The molecule has 0 spiro atoms. The fourth-order valence-electron chi connectivity index (χ4n) is 2.17. The molecule has 1 N–H and O–H groups in total. The van der Waals surface area contributed by atoms with E-state index in [1.807, 2.05) is 17.7 Å². The lowest BCUT2D eigenvalue weighted by Crippen LogP contribution is -2.06. The number of benzene rings is 1. The van der Waals surface area contributed by atoms with Crippen molar-refractivity contribution in [1.29, 1.82) is 0 Å². The minimum Gasteiger partial charge on any atom is -0.487 e. The first-order valence-electron chi connectivity index (χ1n) is 7.21. The number of ether oxygens (including phenoxy) is 1. The van der Waals surface area contributed by atoms with E-state index in [2.05, 4.69) is 12.0 Å². The summed E-state index contributed by atoms with van der Waals surface area (Å²) in [5.74, 6) is -0.0143. The quantitative estimate of drug-likeness (QED) is 0.889. The minimum absolute atomic E-state index is 0.272. The van der Waals surface area contributed by atoms with Crippen LogP contribution in [0.4, 0.5) is 4.39 Å². The Hall–Kier alpha value is -1.88. The third-order valence-corrected chi connectivity index (χ3v) is 3.38. The predicted octanol–water partition coefficient (Wildman–Crippen LogP) is 3.24. The lowest BCUT2D eigenvalue weighted by Gasteiger charge is -2.10. The third kappa shape index (κ3) is 3.61. The molecular weight excluding hydrogens is 271 g/mol. The van der Waals surface area contributed by atoms with Gasteiger partial charge < -0.3 is 9.84 Å². The monoisotopic (exact) mass is 292 g/mol. The Balaban J connectivity index is 2.09. The average molecular weight is 292 g/mol. The maximum atomic E-state index is 13.8. The smallest absolute Gasteiger partial charge is 0.132 e. The van der Waals surface area contributed by atoms with E-state index in [-0.39, 0.29) is 5.56 Å². The van der Waals surface area contributed by atoms with Crippen LogP contribution in [0.1, 0.15) is 43.8 Å². The van der Waals surface area contributed by atoms with Crippen LogP contribution < -0.4 is 4.74 Å². The van der Waals surface area contributed by atoms with Crippen molar-refractivity contribution in [3.63, 3.8) is 0 Å². The summed E-state index contributed by atoms with van der Waals surface area (Å²) in [5, 5.41) is 13.9.